The molecule has 1 saturated heterocycles. The normalized spacial score (nSPS) is 23.2. The van der Waals surface area contributed by atoms with E-state index in [1.54, 1.807) is 0 Å². The van der Waals surface area contributed by atoms with E-state index in [0.29, 0.717) is 6.04 Å². The van der Waals surface area contributed by atoms with E-state index in [2.05, 4.69) is 38.0 Å². The molecule has 1 atom stereocenters. The molecule has 2 saturated carbocycles. The van der Waals surface area contributed by atoms with Gasteiger partial charge in [-0.25, -0.2) is 0 Å². The molecule has 5 heteroatoms. The summed E-state index contributed by atoms with van der Waals surface area (Å²) in [4.78, 5) is 8.58. The Morgan fingerprint density at radius 3 is 2.40 bits per heavy atom. The third-order valence-electron chi connectivity index (χ3n) is 6.10. The molecule has 0 radical (unpaired) electrons. The molecule has 25 heavy (non-hydrogen) atoms. The first kappa shape index (κ1) is 17.3. The van der Waals surface area contributed by atoms with E-state index in [0.717, 1.165) is 36.8 Å². The predicted octanol–water partition coefficient (Wildman–Crippen LogP) is 3.49. The lowest BCUT2D eigenvalue weighted by atomic mass is 9.98. The Hall–Kier alpha value is -1.07. The zero-order chi connectivity index (χ0) is 17.1. The topological polar surface area (TPSA) is 39.7 Å². The Morgan fingerprint density at radius 1 is 1.16 bits per heavy atom. The Labute approximate surface area is 156 Å². The summed E-state index contributed by atoms with van der Waals surface area (Å²) in [7, 11) is 1.90. The maximum absolute atomic E-state index is 4.48. The van der Waals surface area contributed by atoms with Crippen LogP contribution in [0.5, 0.6) is 0 Å². The van der Waals surface area contributed by atoms with Crippen molar-refractivity contribution >= 4 is 17.3 Å². The zero-order valence-electron chi connectivity index (χ0n) is 15.4. The summed E-state index contributed by atoms with van der Waals surface area (Å²) in [5.41, 5.74) is 0. The largest absolute Gasteiger partial charge is 0.356 e. The molecule has 2 heterocycles. The van der Waals surface area contributed by atoms with E-state index >= 15 is 0 Å². The van der Waals surface area contributed by atoms with Crippen molar-refractivity contribution in [3.63, 3.8) is 0 Å². The standard InChI is InChI=1S/C20H32N4S/c1-21-20(22-13-17(15-6-7-15)16-8-9-16)23-14-18(19-5-4-12-25-19)24-10-2-3-11-24/h4-5,12,15-18H,2-3,6-11,13-14H2,1H3,(H2,21,22,23). The van der Waals surface area contributed by atoms with Crippen LogP contribution in [0.25, 0.3) is 0 Å². The van der Waals surface area contributed by atoms with Crippen LogP contribution in [0.1, 0.15) is 49.4 Å². The molecule has 2 aliphatic carbocycles. The maximum atomic E-state index is 4.48. The minimum absolute atomic E-state index is 0.476. The van der Waals surface area contributed by atoms with E-state index < -0.39 is 0 Å². The molecule has 0 bridgehead atoms. The van der Waals surface area contributed by atoms with Crippen molar-refractivity contribution in [2.75, 3.05) is 33.2 Å². The molecule has 138 valence electrons. The van der Waals surface area contributed by atoms with E-state index in [-0.39, 0.29) is 0 Å². The first-order valence-corrected chi connectivity index (χ1v) is 10.9. The number of rotatable bonds is 8. The Bertz CT molecular complexity index is 544. The fraction of sp³-hybridized carbons (Fsp3) is 0.750. The minimum atomic E-state index is 0.476. The first-order valence-electron chi connectivity index (χ1n) is 10.1. The van der Waals surface area contributed by atoms with Gasteiger partial charge >= 0.3 is 0 Å². The van der Waals surface area contributed by atoms with Crippen molar-refractivity contribution in [1.29, 1.82) is 0 Å². The number of thiophene rings is 1. The lowest BCUT2D eigenvalue weighted by Crippen LogP contribution is -2.44. The third-order valence-corrected chi connectivity index (χ3v) is 7.07. The Morgan fingerprint density at radius 2 is 1.84 bits per heavy atom. The van der Waals surface area contributed by atoms with Crippen LogP contribution >= 0.6 is 11.3 Å². The smallest absolute Gasteiger partial charge is 0.191 e. The Kier molecular flexibility index (Phi) is 5.61. The number of likely N-dealkylation sites (tertiary alicyclic amines) is 1. The van der Waals surface area contributed by atoms with Crippen LogP contribution in [0, 0.1) is 17.8 Å². The maximum Gasteiger partial charge on any atom is 0.191 e. The molecule has 4 rings (SSSR count). The van der Waals surface area contributed by atoms with Gasteiger partial charge in [-0.05, 0) is 80.8 Å². The van der Waals surface area contributed by atoms with Crippen molar-refractivity contribution < 1.29 is 0 Å². The second-order valence-electron chi connectivity index (χ2n) is 7.95. The number of nitrogens with one attached hydrogen (secondary N) is 2. The Balaban J connectivity index is 1.30. The van der Waals surface area contributed by atoms with Crippen LogP contribution in [0.15, 0.2) is 22.5 Å². The lowest BCUT2D eigenvalue weighted by molar-refractivity contribution is 0.248. The summed E-state index contributed by atoms with van der Waals surface area (Å²) in [5, 5.41) is 9.44. The van der Waals surface area contributed by atoms with E-state index in [4.69, 9.17) is 0 Å². The van der Waals surface area contributed by atoms with Gasteiger partial charge in [0.25, 0.3) is 0 Å². The quantitative estimate of drug-likeness (QED) is 0.551. The molecule has 1 unspecified atom stereocenters. The first-order chi connectivity index (χ1) is 12.3. The molecule has 3 aliphatic rings. The van der Waals surface area contributed by atoms with E-state index in [9.17, 15) is 0 Å². The van der Waals surface area contributed by atoms with Gasteiger partial charge in [-0.1, -0.05) is 6.07 Å². The summed E-state index contributed by atoms with van der Waals surface area (Å²) >= 11 is 1.88. The van der Waals surface area contributed by atoms with Gasteiger partial charge in [-0.3, -0.25) is 9.89 Å². The second kappa shape index (κ2) is 8.09. The molecule has 0 spiro atoms. The highest BCUT2D eigenvalue weighted by Crippen LogP contribution is 2.48. The van der Waals surface area contributed by atoms with Gasteiger partial charge in [0.1, 0.15) is 0 Å². The molecule has 0 amide bonds. The average molecular weight is 361 g/mol. The second-order valence-corrected chi connectivity index (χ2v) is 8.93. The number of hydrogen-bond donors (Lipinski definition) is 2. The van der Waals surface area contributed by atoms with Gasteiger partial charge in [0.05, 0.1) is 6.04 Å². The highest BCUT2D eigenvalue weighted by Gasteiger charge is 2.41. The van der Waals surface area contributed by atoms with Crippen LogP contribution in [-0.4, -0.2) is 44.1 Å². The van der Waals surface area contributed by atoms with Crippen LogP contribution in [0.3, 0.4) is 0 Å². The third kappa shape index (κ3) is 4.56. The molecular weight excluding hydrogens is 328 g/mol. The van der Waals surface area contributed by atoms with Crippen LogP contribution < -0.4 is 10.6 Å². The number of nitrogens with zero attached hydrogens (tertiary/aromatic N) is 2. The molecular formula is C20H32N4S. The fourth-order valence-electron chi connectivity index (χ4n) is 4.34. The number of hydrogen-bond acceptors (Lipinski definition) is 3. The van der Waals surface area contributed by atoms with Crippen molar-refractivity contribution in [2.45, 2.75) is 44.6 Å². The minimum Gasteiger partial charge on any atom is -0.356 e. The summed E-state index contributed by atoms with van der Waals surface area (Å²) in [6.45, 7) is 4.49. The number of aliphatic imine (C=N–C) groups is 1. The lowest BCUT2D eigenvalue weighted by Gasteiger charge is -2.28. The highest BCUT2D eigenvalue weighted by molar-refractivity contribution is 7.10. The van der Waals surface area contributed by atoms with Gasteiger partial charge < -0.3 is 10.6 Å². The van der Waals surface area contributed by atoms with Gasteiger partial charge in [0.15, 0.2) is 5.96 Å². The molecule has 1 aliphatic heterocycles. The average Bonchev–Trinajstić information content (AvgIpc) is 3.54. The molecule has 0 aromatic carbocycles. The SMILES string of the molecule is CN=C(NCC(C1CC1)C1CC1)NCC(c1cccs1)N1CCCC1. The molecule has 2 N–H and O–H groups in total. The van der Waals surface area contributed by atoms with Crippen molar-refractivity contribution in [3.05, 3.63) is 22.4 Å². The highest BCUT2D eigenvalue weighted by atomic mass is 32.1. The van der Waals surface area contributed by atoms with Crippen molar-refractivity contribution in [2.24, 2.45) is 22.7 Å². The zero-order valence-corrected chi connectivity index (χ0v) is 16.2. The van der Waals surface area contributed by atoms with Crippen LogP contribution in [0.2, 0.25) is 0 Å². The van der Waals surface area contributed by atoms with Crippen LogP contribution in [0.4, 0.5) is 0 Å². The molecule has 4 nitrogen and oxygen atoms in total. The predicted molar refractivity (Wildman–Crippen MR) is 106 cm³/mol. The van der Waals surface area contributed by atoms with Crippen LogP contribution in [-0.2, 0) is 0 Å². The fourth-order valence-corrected chi connectivity index (χ4v) is 5.20. The van der Waals surface area contributed by atoms with Crippen molar-refractivity contribution in [1.82, 2.24) is 15.5 Å². The summed E-state index contributed by atoms with van der Waals surface area (Å²) in [6.07, 6.45) is 8.46. The van der Waals surface area contributed by atoms with Gasteiger partial charge in [0.2, 0.25) is 0 Å². The summed E-state index contributed by atoms with van der Waals surface area (Å²) in [6, 6.07) is 4.93. The number of guanidine groups is 1. The molecule has 1 aromatic rings. The molecule has 1 aromatic heterocycles. The summed E-state index contributed by atoms with van der Waals surface area (Å²) < 4.78 is 0. The monoisotopic (exact) mass is 360 g/mol. The van der Waals surface area contributed by atoms with Gasteiger partial charge in [-0.2, -0.15) is 0 Å². The van der Waals surface area contributed by atoms with E-state index in [1.807, 2.05) is 18.4 Å². The van der Waals surface area contributed by atoms with Gasteiger partial charge in [0, 0.05) is 25.0 Å². The summed E-state index contributed by atoms with van der Waals surface area (Å²) in [5.74, 6) is 3.83. The van der Waals surface area contributed by atoms with E-state index in [1.165, 1.54) is 56.5 Å². The van der Waals surface area contributed by atoms with Gasteiger partial charge in [-0.15, -0.1) is 11.3 Å². The van der Waals surface area contributed by atoms with Crippen molar-refractivity contribution in [3.8, 4) is 0 Å². The molecule has 3 fully saturated rings.